The molecule has 182 valence electrons. The monoisotopic (exact) mass is 497 g/mol. The van der Waals surface area contributed by atoms with E-state index in [1.807, 2.05) is 27.7 Å². The van der Waals surface area contributed by atoms with E-state index in [4.69, 9.17) is 5.21 Å². The summed E-state index contributed by atoms with van der Waals surface area (Å²) >= 11 is 0. The molecule has 0 aliphatic heterocycles. The lowest BCUT2D eigenvalue weighted by Gasteiger charge is -2.20. The normalized spacial score (nSPS) is 13.5. The number of nitrogens with one attached hydrogen (secondary N) is 3. The molecule has 0 aromatic heterocycles. The minimum Gasteiger partial charge on any atom is -0.289 e. The number of hydroxylamine groups is 1. The van der Waals surface area contributed by atoms with E-state index in [9.17, 15) is 21.6 Å². The Kier molecular flexibility index (Phi) is 8.08. The second-order valence-corrected chi connectivity index (χ2v) is 12.4. The minimum atomic E-state index is -4.19. The van der Waals surface area contributed by atoms with Crippen molar-refractivity contribution in [1.82, 2.24) is 14.9 Å². The van der Waals surface area contributed by atoms with Gasteiger partial charge in [0.25, 0.3) is 5.91 Å². The van der Waals surface area contributed by atoms with Crippen LogP contribution < -0.4 is 14.9 Å². The van der Waals surface area contributed by atoms with Crippen molar-refractivity contribution in [1.29, 1.82) is 0 Å². The van der Waals surface area contributed by atoms with Crippen LogP contribution in [0.1, 0.15) is 43.0 Å². The summed E-state index contributed by atoms with van der Waals surface area (Å²) in [5.41, 5.74) is 4.04. The highest BCUT2D eigenvalue weighted by Gasteiger charge is 2.29. The fourth-order valence-corrected chi connectivity index (χ4v) is 6.20. The Morgan fingerprint density at radius 1 is 0.939 bits per heavy atom. The number of sulfonamides is 2. The zero-order valence-corrected chi connectivity index (χ0v) is 21.2. The highest BCUT2D eigenvalue weighted by molar-refractivity contribution is 7.90. The van der Waals surface area contributed by atoms with Crippen LogP contribution in [0.5, 0.6) is 0 Å². The minimum absolute atomic E-state index is 0.0527. The van der Waals surface area contributed by atoms with Crippen LogP contribution in [-0.4, -0.2) is 40.5 Å². The maximum Gasteiger partial charge on any atom is 0.262 e. The van der Waals surface area contributed by atoms with Crippen LogP contribution in [0, 0.1) is 20.8 Å². The molecular weight excluding hydrogens is 466 g/mol. The van der Waals surface area contributed by atoms with Crippen molar-refractivity contribution in [2.24, 2.45) is 0 Å². The van der Waals surface area contributed by atoms with Crippen molar-refractivity contribution in [3.8, 4) is 0 Å². The Balaban J connectivity index is 2.28. The lowest BCUT2D eigenvalue weighted by Crippen LogP contribution is -2.52. The van der Waals surface area contributed by atoms with Gasteiger partial charge in [0.1, 0.15) is 6.04 Å². The number of rotatable bonds is 8. The maximum atomic E-state index is 12.9. The molecule has 0 saturated heterocycles. The number of hydrogen-bond donors (Lipinski definition) is 4. The van der Waals surface area contributed by atoms with Crippen LogP contribution in [0.4, 0.5) is 0 Å². The Hall–Kier alpha value is -2.31. The predicted octanol–water partition coefficient (Wildman–Crippen LogP) is 2.04. The van der Waals surface area contributed by atoms with Crippen LogP contribution in [0.15, 0.2) is 46.2 Å². The Morgan fingerprint density at radius 3 is 1.91 bits per heavy atom. The number of carbonyl (C=O) groups excluding carboxylic acids is 1. The molecule has 9 nitrogen and oxygen atoms in total. The average Bonchev–Trinajstić information content (AvgIpc) is 2.69. The van der Waals surface area contributed by atoms with Gasteiger partial charge < -0.3 is 0 Å². The molecule has 1 unspecified atom stereocenters. The lowest BCUT2D eigenvalue weighted by molar-refractivity contribution is -0.130. The fourth-order valence-electron chi connectivity index (χ4n) is 3.51. The molecular formula is C22H31N3O6S2. The van der Waals surface area contributed by atoms with Gasteiger partial charge in [-0.1, -0.05) is 50.6 Å². The summed E-state index contributed by atoms with van der Waals surface area (Å²) in [6, 6.07) is 7.97. The molecule has 1 atom stereocenters. The van der Waals surface area contributed by atoms with Gasteiger partial charge in [0.05, 0.1) is 9.79 Å². The smallest absolute Gasteiger partial charge is 0.262 e. The van der Waals surface area contributed by atoms with Gasteiger partial charge in [-0.3, -0.25) is 10.0 Å². The number of amides is 1. The van der Waals surface area contributed by atoms with Crippen LogP contribution in [-0.2, 0) is 30.3 Å². The van der Waals surface area contributed by atoms with Crippen LogP contribution in [0.3, 0.4) is 0 Å². The lowest BCUT2D eigenvalue weighted by atomic mass is 9.87. The van der Waals surface area contributed by atoms with Crippen molar-refractivity contribution in [2.45, 2.75) is 62.8 Å². The third-order valence-corrected chi connectivity index (χ3v) is 8.32. The number of hydrogen-bond acceptors (Lipinski definition) is 6. The molecule has 2 aromatic carbocycles. The van der Waals surface area contributed by atoms with Gasteiger partial charge >= 0.3 is 0 Å². The first-order valence-electron chi connectivity index (χ1n) is 10.2. The molecule has 2 aromatic rings. The predicted molar refractivity (Wildman–Crippen MR) is 125 cm³/mol. The summed E-state index contributed by atoms with van der Waals surface area (Å²) in [6.07, 6.45) is 0. The van der Waals surface area contributed by atoms with Gasteiger partial charge in [-0.15, -0.1) is 0 Å². The van der Waals surface area contributed by atoms with Gasteiger partial charge in [-0.05, 0) is 55.0 Å². The summed E-state index contributed by atoms with van der Waals surface area (Å²) in [5.74, 6) is -1.11. The first kappa shape index (κ1) is 26.9. The molecule has 0 bridgehead atoms. The van der Waals surface area contributed by atoms with Gasteiger partial charge in [0.15, 0.2) is 0 Å². The zero-order valence-electron chi connectivity index (χ0n) is 19.6. The molecule has 0 aliphatic carbocycles. The molecule has 0 radical (unpaired) electrons. The first-order valence-corrected chi connectivity index (χ1v) is 13.2. The van der Waals surface area contributed by atoms with Crippen LogP contribution in [0.25, 0.3) is 0 Å². The highest BCUT2D eigenvalue weighted by Crippen LogP contribution is 2.24. The number of aryl methyl sites for hydroxylation is 3. The Morgan fingerprint density at radius 2 is 1.45 bits per heavy atom. The van der Waals surface area contributed by atoms with E-state index < -0.39 is 38.5 Å². The molecule has 0 spiro atoms. The van der Waals surface area contributed by atoms with E-state index in [1.54, 1.807) is 38.1 Å². The third-order valence-electron chi connectivity index (χ3n) is 5.11. The third kappa shape index (κ3) is 6.61. The molecule has 2 rings (SSSR count). The molecule has 0 aliphatic rings. The van der Waals surface area contributed by atoms with Crippen molar-refractivity contribution in [2.75, 3.05) is 6.54 Å². The van der Waals surface area contributed by atoms with Crippen LogP contribution in [0.2, 0.25) is 0 Å². The van der Waals surface area contributed by atoms with E-state index >= 15 is 0 Å². The summed E-state index contributed by atoms with van der Waals surface area (Å²) in [6.45, 7) is 10.5. The summed E-state index contributed by atoms with van der Waals surface area (Å²) in [5, 5.41) is 9.05. The number of benzene rings is 2. The Labute approximate surface area is 195 Å². The van der Waals surface area contributed by atoms with Gasteiger partial charge in [-0.2, -0.15) is 4.72 Å². The summed E-state index contributed by atoms with van der Waals surface area (Å²) in [7, 11) is -8.25. The van der Waals surface area contributed by atoms with E-state index in [0.717, 1.165) is 11.1 Å². The second kappa shape index (κ2) is 9.90. The second-order valence-electron chi connectivity index (χ2n) is 9.00. The largest absolute Gasteiger partial charge is 0.289 e. The molecule has 0 fully saturated rings. The topological polar surface area (TPSA) is 142 Å². The molecule has 4 N–H and O–H groups in total. The van der Waals surface area contributed by atoms with Gasteiger partial charge in [-0.25, -0.2) is 27.0 Å². The van der Waals surface area contributed by atoms with E-state index in [1.165, 1.54) is 17.6 Å². The summed E-state index contributed by atoms with van der Waals surface area (Å²) < 4.78 is 55.8. The SMILES string of the molecule is Cc1cc(C)c(S(=O)(=O)NCC(NS(=O)(=O)c2ccc(C(C)(C)C)cc2)C(=O)NO)c(C)c1. The average molecular weight is 498 g/mol. The fraction of sp³-hybridized carbons (Fsp3) is 0.409. The zero-order chi connectivity index (χ0) is 25.2. The van der Waals surface area contributed by atoms with Crippen molar-refractivity contribution in [3.05, 3.63) is 58.7 Å². The Bertz CT molecular complexity index is 1210. The van der Waals surface area contributed by atoms with Crippen LogP contribution >= 0.6 is 0 Å². The van der Waals surface area contributed by atoms with E-state index in [2.05, 4.69) is 9.44 Å². The van der Waals surface area contributed by atoms with Crippen molar-refractivity contribution >= 4 is 26.0 Å². The maximum absolute atomic E-state index is 12.9. The van der Waals surface area contributed by atoms with E-state index in [-0.39, 0.29) is 15.2 Å². The van der Waals surface area contributed by atoms with Gasteiger partial charge in [0.2, 0.25) is 20.0 Å². The van der Waals surface area contributed by atoms with E-state index in [0.29, 0.717) is 11.1 Å². The van der Waals surface area contributed by atoms with Crippen molar-refractivity contribution in [3.63, 3.8) is 0 Å². The standard InChI is InChI=1S/C22H31N3O6S2/c1-14-11-15(2)20(16(3)12-14)33(30,31)23-13-19(21(26)24-27)25-32(28,29)18-9-7-17(8-10-18)22(4,5)6/h7-12,19,23,25,27H,13H2,1-6H3,(H,24,26). The molecule has 11 heteroatoms. The first-order chi connectivity index (χ1) is 15.1. The molecule has 33 heavy (non-hydrogen) atoms. The quantitative estimate of drug-likeness (QED) is 0.325. The van der Waals surface area contributed by atoms with Gasteiger partial charge in [0, 0.05) is 6.54 Å². The highest BCUT2D eigenvalue weighted by atomic mass is 32.2. The number of carbonyl (C=O) groups is 1. The molecule has 0 saturated carbocycles. The molecule has 0 heterocycles. The molecule has 1 amide bonds. The van der Waals surface area contributed by atoms with Crippen molar-refractivity contribution < 1.29 is 26.8 Å². The summed E-state index contributed by atoms with van der Waals surface area (Å²) in [4.78, 5) is 12.1.